The number of sulfonamides is 1. The maximum atomic E-state index is 12.6. The van der Waals surface area contributed by atoms with Gasteiger partial charge in [0.15, 0.2) is 0 Å². The first kappa shape index (κ1) is 26.2. The van der Waals surface area contributed by atoms with Crippen molar-refractivity contribution in [1.82, 2.24) is 5.43 Å². The lowest BCUT2D eigenvalue weighted by Crippen LogP contribution is -2.39. The second-order valence-electron chi connectivity index (χ2n) is 7.48. The summed E-state index contributed by atoms with van der Waals surface area (Å²) in [5.74, 6) is -0.532. The second-order valence-corrected chi connectivity index (χ2v) is 9.82. The summed E-state index contributed by atoms with van der Waals surface area (Å²) in [6, 6.07) is 8.74. The number of nitrogens with one attached hydrogen (secondary N) is 1. The number of rotatable bonds is 9. The summed E-state index contributed by atoms with van der Waals surface area (Å²) in [4.78, 5) is 25.3. The largest absolute Gasteiger partial charge is 0.495 e. The van der Waals surface area contributed by atoms with Gasteiger partial charge in [0.2, 0.25) is 10.0 Å². The minimum absolute atomic E-state index is 0.0925. The quantitative estimate of drug-likeness (QED) is 0.297. The van der Waals surface area contributed by atoms with E-state index in [1.807, 2.05) is 4.90 Å². The summed E-state index contributed by atoms with van der Waals surface area (Å²) in [5, 5.41) is 15.4. The Bertz CT molecular complexity index is 1230. The molecule has 12 nitrogen and oxygen atoms in total. The van der Waals surface area contributed by atoms with Crippen LogP contribution >= 0.6 is 11.6 Å². The first-order valence-corrected chi connectivity index (χ1v) is 12.6. The number of morpholine rings is 1. The van der Waals surface area contributed by atoms with Gasteiger partial charge >= 0.3 is 0 Å². The number of amides is 1. The topological polar surface area (TPSA) is 144 Å². The Kier molecular flexibility index (Phi) is 8.48. The summed E-state index contributed by atoms with van der Waals surface area (Å²) < 4.78 is 36.2. The lowest BCUT2D eigenvalue weighted by molar-refractivity contribution is -0.384. The average Bonchev–Trinajstić information content (AvgIpc) is 2.82. The van der Waals surface area contributed by atoms with Crippen LogP contribution in [0.5, 0.6) is 5.75 Å². The molecule has 1 amide bonds. The van der Waals surface area contributed by atoms with E-state index in [-0.39, 0.29) is 22.1 Å². The number of nitro groups is 1. The summed E-state index contributed by atoms with van der Waals surface area (Å²) in [7, 11) is -2.52. The molecule has 0 saturated carbocycles. The Morgan fingerprint density at radius 3 is 2.66 bits per heavy atom. The predicted octanol–water partition coefficient (Wildman–Crippen LogP) is 2.01. The normalized spacial score (nSPS) is 14.1. The zero-order chi connectivity index (χ0) is 25.6. The molecule has 0 atom stereocenters. The molecule has 1 heterocycles. The lowest BCUT2D eigenvalue weighted by atomic mass is 10.1. The van der Waals surface area contributed by atoms with Crippen molar-refractivity contribution in [2.24, 2.45) is 5.10 Å². The fraction of sp³-hybridized carbons (Fsp3) is 0.333. The third kappa shape index (κ3) is 6.81. The van der Waals surface area contributed by atoms with Gasteiger partial charge in [-0.05, 0) is 24.3 Å². The van der Waals surface area contributed by atoms with Gasteiger partial charge in [-0.1, -0.05) is 11.6 Å². The van der Waals surface area contributed by atoms with Gasteiger partial charge in [-0.25, -0.2) is 13.8 Å². The monoisotopic (exact) mass is 525 g/mol. The Balaban J connectivity index is 1.81. The summed E-state index contributed by atoms with van der Waals surface area (Å²) >= 11 is 6.01. The van der Waals surface area contributed by atoms with Crippen molar-refractivity contribution < 1.29 is 27.6 Å². The molecule has 35 heavy (non-hydrogen) atoms. The van der Waals surface area contributed by atoms with Crippen LogP contribution in [0.3, 0.4) is 0 Å². The molecule has 0 aliphatic carbocycles. The van der Waals surface area contributed by atoms with Crippen LogP contribution in [0.1, 0.15) is 5.56 Å². The summed E-state index contributed by atoms with van der Waals surface area (Å²) in [6.45, 7) is 1.61. The molecule has 1 fully saturated rings. The molecule has 0 spiro atoms. The molecule has 2 aromatic carbocycles. The van der Waals surface area contributed by atoms with Gasteiger partial charge in [-0.2, -0.15) is 5.10 Å². The number of hydrogen-bond donors (Lipinski definition) is 1. The number of anilines is 2. The molecule has 0 bridgehead atoms. The number of carbonyl (C=O) groups excluding carboxylic acids is 1. The van der Waals surface area contributed by atoms with E-state index in [9.17, 15) is 23.3 Å². The number of nitrogens with zero attached hydrogens (tertiary/aromatic N) is 4. The van der Waals surface area contributed by atoms with Gasteiger partial charge in [0.05, 0.1) is 43.4 Å². The molecule has 0 radical (unpaired) electrons. The molecule has 0 aromatic heterocycles. The zero-order valence-electron chi connectivity index (χ0n) is 19.0. The minimum atomic E-state index is -3.89. The van der Waals surface area contributed by atoms with Crippen LogP contribution in [0.4, 0.5) is 17.1 Å². The second kappa shape index (κ2) is 11.3. The van der Waals surface area contributed by atoms with Gasteiger partial charge in [0.25, 0.3) is 11.6 Å². The minimum Gasteiger partial charge on any atom is -0.495 e. The van der Waals surface area contributed by atoms with Gasteiger partial charge in [-0.3, -0.25) is 19.2 Å². The van der Waals surface area contributed by atoms with Crippen LogP contribution < -0.4 is 19.4 Å². The molecule has 14 heteroatoms. The third-order valence-electron chi connectivity index (χ3n) is 5.06. The number of nitro benzene ring substituents is 1. The van der Waals surface area contributed by atoms with Crippen LogP contribution in [-0.2, 0) is 19.6 Å². The van der Waals surface area contributed by atoms with Crippen molar-refractivity contribution in [3.8, 4) is 5.75 Å². The van der Waals surface area contributed by atoms with Crippen molar-refractivity contribution in [2.45, 2.75) is 0 Å². The fourth-order valence-electron chi connectivity index (χ4n) is 3.43. The zero-order valence-corrected chi connectivity index (χ0v) is 20.6. The highest BCUT2D eigenvalue weighted by molar-refractivity contribution is 7.92. The standard InChI is InChI=1S/C21H24ClN5O7S/c1-33-20-6-3-16(22)12-19(20)26(35(2,31)32)14-21(28)24-23-13-15-11-17(27(29)30)4-5-18(15)25-7-9-34-10-8-25/h3-6,11-13H,7-10,14H2,1-2H3,(H,24,28)/b23-13-. The van der Waals surface area contributed by atoms with Gasteiger partial charge in [-0.15, -0.1) is 0 Å². The van der Waals surface area contributed by atoms with E-state index in [4.69, 9.17) is 21.1 Å². The Morgan fingerprint density at radius 1 is 1.31 bits per heavy atom. The fourth-order valence-corrected chi connectivity index (χ4v) is 4.45. The molecule has 1 aliphatic rings. The molecule has 0 unspecified atom stereocenters. The van der Waals surface area contributed by atoms with Crippen LogP contribution in [-0.4, -0.2) is 71.7 Å². The van der Waals surface area contributed by atoms with Gasteiger partial charge in [0, 0.05) is 41.5 Å². The van der Waals surface area contributed by atoms with E-state index in [1.54, 1.807) is 6.07 Å². The van der Waals surface area contributed by atoms with E-state index in [1.165, 1.54) is 43.7 Å². The highest BCUT2D eigenvalue weighted by Crippen LogP contribution is 2.32. The molecule has 1 N–H and O–H groups in total. The molecular formula is C21H24ClN5O7S. The summed E-state index contributed by atoms with van der Waals surface area (Å²) in [6.07, 6.45) is 2.22. The van der Waals surface area contributed by atoms with Crippen molar-refractivity contribution >= 4 is 50.8 Å². The number of methoxy groups -OCH3 is 1. The smallest absolute Gasteiger partial charge is 0.270 e. The first-order valence-electron chi connectivity index (χ1n) is 10.3. The van der Waals surface area contributed by atoms with Crippen LogP contribution in [0.2, 0.25) is 5.02 Å². The highest BCUT2D eigenvalue weighted by Gasteiger charge is 2.24. The highest BCUT2D eigenvalue weighted by atomic mass is 35.5. The number of carbonyl (C=O) groups is 1. The maximum absolute atomic E-state index is 12.6. The van der Waals surface area contributed by atoms with Gasteiger partial charge < -0.3 is 14.4 Å². The Hall–Kier alpha value is -3.42. The van der Waals surface area contributed by atoms with Crippen molar-refractivity contribution in [3.05, 3.63) is 57.1 Å². The molecule has 1 aliphatic heterocycles. The van der Waals surface area contributed by atoms with Crippen molar-refractivity contribution in [3.63, 3.8) is 0 Å². The summed E-state index contributed by atoms with van der Waals surface area (Å²) in [5.41, 5.74) is 3.34. The van der Waals surface area contributed by atoms with E-state index in [2.05, 4.69) is 10.5 Å². The molecule has 1 saturated heterocycles. The number of benzene rings is 2. The SMILES string of the molecule is COc1ccc(Cl)cc1N(CC(=O)N/N=C\c1cc([N+](=O)[O-])ccc1N1CCOCC1)S(C)(=O)=O. The number of non-ortho nitro benzene ring substituents is 1. The number of hydrazone groups is 1. The molecular weight excluding hydrogens is 502 g/mol. The van der Waals surface area contributed by atoms with Crippen LogP contribution in [0.15, 0.2) is 41.5 Å². The third-order valence-corrected chi connectivity index (χ3v) is 6.43. The molecule has 188 valence electrons. The number of halogens is 1. The van der Waals surface area contributed by atoms with Gasteiger partial charge in [0.1, 0.15) is 12.3 Å². The Morgan fingerprint density at radius 2 is 2.03 bits per heavy atom. The molecule has 3 rings (SSSR count). The predicted molar refractivity (Wildman–Crippen MR) is 132 cm³/mol. The van der Waals surface area contributed by atoms with Crippen LogP contribution in [0, 0.1) is 10.1 Å². The van der Waals surface area contributed by atoms with Crippen LogP contribution in [0.25, 0.3) is 0 Å². The van der Waals surface area contributed by atoms with E-state index >= 15 is 0 Å². The maximum Gasteiger partial charge on any atom is 0.270 e. The first-order chi connectivity index (χ1) is 16.6. The van der Waals surface area contributed by atoms with E-state index in [0.717, 1.165) is 10.6 Å². The average molecular weight is 526 g/mol. The lowest BCUT2D eigenvalue weighted by Gasteiger charge is -2.29. The van der Waals surface area contributed by atoms with E-state index in [0.29, 0.717) is 37.6 Å². The Labute approximate surface area is 207 Å². The van der Waals surface area contributed by atoms with Crippen molar-refractivity contribution in [2.75, 3.05) is 55.4 Å². The van der Waals surface area contributed by atoms with E-state index < -0.39 is 27.4 Å². The molecule has 2 aromatic rings. The number of ether oxygens (including phenoxy) is 2. The number of hydrogen-bond acceptors (Lipinski definition) is 9. The van der Waals surface area contributed by atoms with Crippen molar-refractivity contribution in [1.29, 1.82) is 0 Å².